The van der Waals surface area contributed by atoms with Crippen LogP contribution in [-0.2, 0) is 14.6 Å². The first-order valence-electron chi connectivity index (χ1n) is 11.1. The Kier molecular flexibility index (Phi) is 5.08. The Labute approximate surface area is 193 Å². The molecule has 0 aliphatic carbocycles. The average Bonchev–Trinajstić information content (AvgIpc) is 3.08. The van der Waals surface area contributed by atoms with E-state index in [1.165, 1.54) is 6.20 Å². The molecule has 1 aromatic heterocycles. The number of sulfone groups is 1. The number of likely N-dealkylation sites (tertiary alicyclic amines) is 1. The van der Waals surface area contributed by atoms with Gasteiger partial charge in [0.05, 0.1) is 27.0 Å². The van der Waals surface area contributed by atoms with E-state index in [0.717, 1.165) is 23.1 Å². The van der Waals surface area contributed by atoms with Crippen LogP contribution in [0.4, 0.5) is 10.5 Å². The van der Waals surface area contributed by atoms with Crippen molar-refractivity contribution < 1.29 is 17.9 Å². The van der Waals surface area contributed by atoms with E-state index >= 15 is 0 Å². The average molecular weight is 466 g/mol. The number of aromatic nitrogens is 1. The van der Waals surface area contributed by atoms with Crippen molar-refractivity contribution in [2.24, 2.45) is 5.92 Å². The number of hydrogen-bond donors (Lipinski definition) is 0. The second kappa shape index (κ2) is 7.73. The summed E-state index contributed by atoms with van der Waals surface area (Å²) in [5, 5.41) is 0.771. The Hall–Kier alpha value is -3.13. The third kappa shape index (κ3) is 3.93. The van der Waals surface area contributed by atoms with Gasteiger partial charge in [-0.2, -0.15) is 0 Å². The van der Waals surface area contributed by atoms with Gasteiger partial charge in [-0.25, -0.2) is 13.2 Å². The van der Waals surface area contributed by atoms with Gasteiger partial charge in [0.15, 0.2) is 0 Å². The molecule has 0 N–H and O–H groups in total. The summed E-state index contributed by atoms with van der Waals surface area (Å²) in [4.78, 5) is 21.5. The van der Waals surface area contributed by atoms with Crippen molar-refractivity contribution in [2.75, 3.05) is 24.5 Å². The van der Waals surface area contributed by atoms with Crippen molar-refractivity contribution in [3.8, 4) is 0 Å². The largest absolute Gasteiger partial charge is 0.444 e. The van der Waals surface area contributed by atoms with Crippen molar-refractivity contribution in [3.63, 3.8) is 0 Å². The van der Waals surface area contributed by atoms with E-state index in [1.54, 1.807) is 41.3 Å². The topological polar surface area (TPSA) is 79.8 Å². The van der Waals surface area contributed by atoms with E-state index in [-0.39, 0.29) is 21.9 Å². The fourth-order valence-electron chi connectivity index (χ4n) is 4.63. The molecule has 2 aliphatic heterocycles. The molecule has 0 spiro atoms. The maximum atomic E-state index is 13.0. The smallest absolute Gasteiger partial charge is 0.410 e. The third-order valence-corrected chi connectivity index (χ3v) is 7.97. The lowest BCUT2D eigenvalue weighted by atomic mass is 9.93. The molecule has 3 aromatic rings. The minimum absolute atomic E-state index is 0.118. The Balaban J connectivity index is 1.40. The number of benzene rings is 2. The highest BCUT2D eigenvalue weighted by Crippen LogP contribution is 2.38. The van der Waals surface area contributed by atoms with Crippen molar-refractivity contribution in [1.29, 1.82) is 0 Å². The molecule has 2 atom stereocenters. The number of carbonyl (C=O) groups is 1. The van der Waals surface area contributed by atoms with Gasteiger partial charge >= 0.3 is 6.09 Å². The number of pyridine rings is 1. The van der Waals surface area contributed by atoms with Crippen LogP contribution in [0, 0.1) is 5.92 Å². The standard InChI is InChI=1S/C25H27N3O4S/c1-25(2,3)32-24(29)28-15-18-14-27(16-22(18)28)21-11-7-8-17-12-20(13-26-23(17)21)33(30,31)19-9-5-4-6-10-19/h4-13,18,22H,14-16H2,1-3H3. The summed E-state index contributed by atoms with van der Waals surface area (Å²) in [6.45, 7) is 7.84. The molecule has 0 bridgehead atoms. The van der Waals surface area contributed by atoms with Crippen molar-refractivity contribution in [3.05, 3.63) is 60.8 Å². The molecule has 2 fully saturated rings. The van der Waals surface area contributed by atoms with Crippen LogP contribution in [-0.4, -0.2) is 55.7 Å². The van der Waals surface area contributed by atoms with Crippen LogP contribution in [0.1, 0.15) is 20.8 Å². The number of anilines is 1. The van der Waals surface area contributed by atoms with E-state index in [1.807, 2.05) is 39.0 Å². The van der Waals surface area contributed by atoms with Gasteiger partial charge in [0, 0.05) is 37.1 Å². The fourth-order valence-corrected chi connectivity index (χ4v) is 5.89. The minimum atomic E-state index is -3.64. The zero-order chi connectivity index (χ0) is 23.4. The van der Waals surface area contributed by atoms with Crippen LogP contribution in [0.2, 0.25) is 0 Å². The highest BCUT2D eigenvalue weighted by molar-refractivity contribution is 7.91. The van der Waals surface area contributed by atoms with Gasteiger partial charge < -0.3 is 14.5 Å². The van der Waals surface area contributed by atoms with Crippen molar-refractivity contribution >= 4 is 32.5 Å². The van der Waals surface area contributed by atoms with E-state index in [9.17, 15) is 13.2 Å². The summed E-state index contributed by atoms with van der Waals surface area (Å²) in [6, 6.07) is 16.0. The molecule has 8 heteroatoms. The molecule has 33 heavy (non-hydrogen) atoms. The quantitative estimate of drug-likeness (QED) is 0.579. The second-order valence-electron chi connectivity index (χ2n) is 9.70. The molecule has 3 heterocycles. The van der Waals surface area contributed by atoms with E-state index in [0.29, 0.717) is 19.0 Å². The molecular formula is C25H27N3O4S. The van der Waals surface area contributed by atoms with E-state index in [2.05, 4.69) is 9.88 Å². The van der Waals surface area contributed by atoms with Crippen LogP contribution >= 0.6 is 0 Å². The summed E-state index contributed by atoms with van der Waals surface area (Å²) in [6.07, 6.45) is 1.17. The number of carbonyl (C=O) groups excluding carboxylic acids is 1. The predicted molar refractivity (Wildman–Crippen MR) is 126 cm³/mol. The molecule has 2 aliphatic rings. The highest BCUT2D eigenvalue weighted by atomic mass is 32.2. The molecule has 0 saturated carbocycles. The number of amides is 1. The highest BCUT2D eigenvalue weighted by Gasteiger charge is 2.49. The lowest BCUT2D eigenvalue weighted by Gasteiger charge is -2.43. The molecule has 1 amide bonds. The number of para-hydroxylation sites is 1. The first-order valence-corrected chi connectivity index (χ1v) is 12.6. The molecule has 2 saturated heterocycles. The Morgan fingerprint density at radius 2 is 1.76 bits per heavy atom. The maximum absolute atomic E-state index is 13.0. The van der Waals surface area contributed by atoms with Gasteiger partial charge in [-0.1, -0.05) is 30.3 Å². The first-order chi connectivity index (χ1) is 15.6. The number of fused-ring (bicyclic) bond motifs is 2. The molecule has 0 radical (unpaired) electrons. The summed E-state index contributed by atoms with van der Waals surface area (Å²) in [5.41, 5.74) is 1.20. The summed E-state index contributed by atoms with van der Waals surface area (Å²) < 4.78 is 31.6. The maximum Gasteiger partial charge on any atom is 0.410 e. The van der Waals surface area contributed by atoms with Gasteiger partial charge in [-0.15, -0.1) is 0 Å². The molecular weight excluding hydrogens is 438 g/mol. The normalized spacial score (nSPS) is 20.5. The minimum Gasteiger partial charge on any atom is -0.444 e. The Morgan fingerprint density at radius 1 is 1.00 bits per heavy atom. The van der Waals surface area contributed by atoms with Gasteiger partial charge in [-0.05, 0) is 45.0 Å². The van der Waals surface area contributed by atoms with Crippen molar-refractivity contribution in [2.45, 2.75) is 42.2 Å². The van der Waals surface area contributed by atoms with Crippen LogP contribution in [0.5, 0.6) is 0 Å². The van der Waals surface area contributed by atoms with Crippen LogP contribution < -0.4 is 4.90 Å². The number of nitrogens with zero attached hydrogens (tertiary/aromatic N) is 3. The number of rotatable bonds is 3. The van der Waals surface area contributed by atoms with Gasteiger partial charge in [0.25, 0.3) is 0 Å². The SMILES string of the molecule is CC(C)(C)OC(=O)N1CC2CN(c3cccc4cc(S(=O)(=O)c5ccccc5)cnc34)CC21. The summed E-state index contributed by atoms with van der Waals surface area (Å²) in [7, 11) is -3.64. The number of ether oxygens (including phenoxy) is 1. The second-order valence-corrected chi connectivity index (χ2v) is 11.7. The lowest BCUT2D eigenvalue weighted by molar-refractivity contribution is -0.0163. The van der Waals surface area contributed by atoms with E-state index in [4.69, 9.17) is 4.74 Å². The lowest BCUT2D eigenvalue weighted by Crippen LogP contribution is -2.59. The molecule has 172 valence electrons. The van der Waals surface area contributed by atoms with Gasteiger partial charge in [-0.3, -0.25) is 4.98 Å². The number of hydrogen-bond acceptors (Lipinski definition) is 6. The zero-order valence-corrected chi connectivity index (χ0v) is 19.7. The van der Waals surface area contributed by atoms with Crippen LogP contribution in [0.15, 0.2) is 70.6 Å². The zero-order valence-electron chi connectivity index (χ0n) is 18.9. The van der Waals surface area contributed by atoms with E-state index < -0.39 is 15.4 Å². The molecule has 2 aromatic carbocycles. The predicted octanol–water partition coefficient (Wildman–Crippen LogP) is 4.12. The first kappa shape index (κ1) is 21.7. The van der Waals surface area contributed by atoms with Gasteiger partial charge in [0.1, 0.15) is 5.60 Å². The van der Waals surface area contributed by atoms with Crippen LogP contribution in [0.25, 0.3) is 10.9 Å². The van der Waals surface area contributed by atoms with Gasteiger partial charge in [0.2, 0.25) is 9.84 Å². The third-order valence-electron chi connectivity index (χ3n) is 6.24. The van der Waals surface area contributed by atoms with Crippen molar-refractivity contribution in [1.82, 2.24) is 9.88 Å². The monoisotopic (exact) mass is 465 g/mol. The molecule has 5 rings (SSSR count). The molecule has 2 unspecified atom stereocenters. The summed E-state index contributed by atoms with van der Waals surface area (Å²) in [5.74, 6) is 0.394. The molecule has 7 nitrogen and oxygen atoms in total. The van der Waals surface area contributed by atoms with Crippen LogP contribution in [0.3, 0.4) is 0 Å². The fraction of sp³-hybridized carbons (Fsp3) is 0.360. The Morgan fingerprint density at radius 3 is 2.48 bits per heavy atom. The Bertz CT molecular complexity index is 1320. The summed E-state index contributed by atoms with van der Waals surface area (Å²) >= 11 is 0.